The number of aliphatic hydroxyl groups excluding tert-OH is 2. The second kappa shape index (κ2) is 10.1. The number of aromatic nitrogens is 2. The van der Waals surface area contributed by atoms with E-state index in [4.69, 9.17) is 5.73 Å². The average Bonchev–Trinajstić information content (AvgIpc) is 3.68. The highest BCUT2D eigenvalue weighted by atomic mass is 16.3. The molecule has 1 saturated carbocycles. The molecule has 6 rings (SSSR count). The lowest BCUT2D eigenvalue weighted by Gasteiger charge is -2.39. The van der Waals surface area contributed by atoms with Gasteiger partial charge >= 0.3 is 0 Å². The minimum Gasteiger partial charge on any atom is -0.392 e. The SMILES string of the molecule is CC#CC(=O)N1CC(c2cc3cc(C4CC4)ccc3c(=O)n2-c2cccc(-c3cc(C(N)O)n(C)c3)c2CO)C1. The first kappa shape index (κ1) is 26.1. The van der Waals surface area contributed by atoms with Crippen LogP contribution in [0.4, 0.5) is 0 Å². The lowest BCUT2D eigenvalue weighted by molar-refractivity contribution is -0.129. The van der Waals surface area contributed by atoms with Crippen LogP contribution in [0.15, 0.2) is 59.5 Å². The summed E-state index contributed by atoms with van der Waals surface area (Å²) in [7, 11) is 1.80. The van der Waals surface area contributed by atoms with Crippen LogP contribution >= 0.6 is 0 Å². The van der Waals surface area contributed by atoms with E-state index in [0.29, 0.717) is 41.3 Å². The van der Waals surface area contributed by atoms with Gasteiger partial charge in [-0.1, -0.05) is 30.2 Å². The highest BCUT2D eigenvalue weighted by Gasteiger charge is 2.34. The van der Waals surface area contributed by atoms with Crippen LogP contribution in [0.3, 0.4) is 0 Å². The predicted octanol–water partition coefficient (Wildman–Crippen LogP) is 3.26. The predicted molar refractivity (Wildman–Crippen MR) is 154 cm³/mol. The number of fused-ring (bicyclic) bond motifs is 1. The van der Waals surface area contributed by atoms with Crippen molar-refractivity contribution in [1.82, 2.24) is 14.0 Å². The quantitative estimate of drug-likeness (QED) is 0.259. The van der Waals surface area contributed by atoms with Crippen molar-refractivity contribution in [3.8, 4) is 28.7 Å². The van der Waals surface area contributed by atoms with Crippen LogP contribution in [-0.4, -0.2) is 43.2 Å². The molecule has 0 radical (unpaired) electrons. The number of carbonyl (C=O) groups is 1. The van der Waals surface area contributed by atoms with Crippen molar-refractivity contribution >= 4 is 16.7 Å². The monoisotopic (exact) mass is 536 g/mol. The van der Waals surface area contributed by atoms with Crippen LogP contribution in [0.5, 0.6) is 0 Å². The molecule has 204 valence electrons. The van der Waals surface area contributed by atoms with E-state index in [1.165, 1.54) is 18.4 Å². The van der Waals surface area contributed by atoms with Gasteiger partial charge in [0.2, 0.25) is 0 Å². The van der Waals surface area contributed by atoms with Crippen molar-refractivity contribution in [2.45, 2.75) is 44.4 Å². The molecular weight excluding hydrogens is 504 g/mol. The lowest BCUT2D eigenvalue weighted by Crippen LogP contribution is -2.49. The summed E-state index contributed by atoms with van der Waals surface area (Å²) in [5.41, 5.74) is 10.9. The molecule has 3 heterocycles. The summed E-state index contributed by atoms with van der Waals surface area (Å²) in [6, 6.07) is 15.5. The van der Waals surface area contributed by atoms with Gasteiger partial charge < -0.3 is 25.4 Å². The number of hydrogen-bond donors (Lipinski definition) is 3. The molecule has 1 saturated heterocycles. The van der Waals surface area contributed by atoms with E-state index in [1.54, 1.807) is 34.1 Å². The van der Waals surface area contributed by atoms with Gasteiger partial charge in [0.05, 0.1) is 18.0 Å². The second-order valence-electron chi connectivity index (χ2n) is 10.8. The van der Waals surface area contributed by atoms with Gasteiger partial charge in [-0.3, -0.25) is 14.2 Å². The number of nitrogens with zero attached hydrogens (tertiary/aromatic N) is 3. The maximum atomic E-state index is 14.2. The summed E-state index contributed by atoms with van der Waals surface area (Å²) in [6.07, 6.45) is 3.04. The lowest BCUT2D eigenvalue weighted by atomic mass is 9.92. The molecule has 2 aromatic heterocycles. The zero-order valence-electron chi connectivity index (χ0n) is 22.6. The van der Waals surface area contributed by atoms with Crippen LogP contribution in [0.25, 0.3) is 27.6 Å². The molecule has 1 amide bonds. The summed E-state index contributed by atoms with van der Waals surface area (Å²) in [5, 5.41) is 22.1. The third-order valence-corrected chi connectivity index (χ3v) is 8.15. The van der Waals surface area contributed by atoms with E-state index in [0.717, 1.165) is 22.2 Å². The Labute approximate surface area is 232 Å². The van der Waals surface area contributed by atoms with Gasteiger partial charge in [0, 0.05) is 54.5 Å². The third kappa shape index (κ3) is 4.42. The second-order valence-corrected chi connectivity index (χ2v) is 10.8. The fourth-order valence-electron chi connectivity index (χ4n) is 5.84. The van der Waals surface area contributed by atoms with Gasteiger partial charge in [-0.05, 0) is 72.4 Å². The number of amides is 1. The number of benzene rings is 2. The van der Waals surface area contributed by atoms with Crippen molar-refractivity contribution in [1.29, 1.82) is 0 Å². The minimum atomic E-state index is -1.14. The molecular formula is C32H32N4O4. The molecule has 0 spiro atoms. The van der Waals surface area contributed by atoms with Crippen molar-refractivity contribution in [3.05, 3.63) is 87.6 Å². The summed E-state index contributed by atoms with van der Waals surface area (Å²) < 4.78 is 3.45. The molecule has 4 aromatic rings. The smallest absolute Gasteiger partial charge is 0.298 e. The largest absolute Gasteiger partial charge is 0.392 e. The van der Waals surface area contributed by atoms with E-state index in [9.17, 15) is 19.8 Å². The van der Waals surface area contributed by atoms with Crippen LogP contribution in [-0.2, 0) is 18.4 Å². The molecule has 1 atom stereocenters. The summed E-state index contributed by atoms with van der Waals surface area (Å²) in [6.45, 7) is 2.27. The van der Waals surface area contributed by atoms with E-state index >= 15 is 0 Å². The highest BCUT2D eigenvalue weighted by molar-refractivity contribution is 5.94. The number of aryl methyl sites for hydroxylation is 1. The van der Waals surface area contributed by atoms with Crippen LogP contribution in [0.1, 0.15) is 60.3 Å². The Morgan fingerprint density at radius 2 is 1.90 bits per heavy atom. The minimum absolute atomic E-state index is 0.0600. The number of nitrogens with two attached hydrogens (primary N) is 1. The third-order valence-electron chi connectivity index (χ3n) is 8.15. The number of pyridine rings is 1. The Morgan fingerprint density at radius 1 is 1.12 bits per heavy atom. The summed E-state index contributed by atoms with van der Waals surface area (Å²) >= 11 is 0. The first-order valence-electron chi connectivity index (χ1n) is 13.5. The first-order valence-corrected chi connectivity index (χ1v) is 13.5. The van der Waals surface area contributed by atoms with E-state index in [1.807, 2.05) is 36.5 Å². The van der Waals surface area contributed by atoms with Gasteiger partial charge in [0.25, 0.3) is 11.5 Å². The molecule has 2 aromatic carbocycles. The zero-order chi connectivity index (χ0) is 28.1. The van der Waals surface area contributed by atoms with E-state index in [2.05, 4.69) is 24.0 Å². The molecule has 1 aliphatic heterocycles. The number of hydrogen-bond acceptors (Lipinski definition) is 5. The fourth-order valence-corrected chi connectivity index (χ4v) is 5.84. The van der Waals surface area contributed by atoms with Crippen molar-refractivity contribution < 1.29 is 15.0 Å². The number of rotatable bonds is 6. The Hall–Kier alpha value is -4.16. The summed E-state index contributed by atoms with van der Waals surface area (Å²) in [4.78, 5) is 28.2. The fraction of sp³-hybridized carbons (Fsp3) is 0.312. The van der Waals surface area contributed by atoms with Gasteiger partial charge in [0.1, 0.15) is 6.23 Å². The summed E-state index contributed by atoms with van der Waals surface area (Å²) in [5.74, 6) is 5.54. The van der Waals surface area contributed by atoms with Gasteiger partial charge in [-0.25, -0.2) is 0 Å². The molecule has 0 bridgehead atoms. The molecule has 4 N–H and O–H groups in total. The first-order chi connectivity index (χ1) is 19.3. The zero-order valence-corrected chi connectivity index (χ0v) is 22.6. The van der Waals surface area contributed by atoms with Crippen LogP contribution < -0.4 is 11.3 Å². The molecule has 8 nitrogen and oxygen atoms in total. The highest BCUT2D eigenvalue weighted by Crippen LogP contribution is 2.41. The van der Waals surface area contributed by atoms with Gasteiger partial charge in [0.15, 0.2) is 0 Å². The number of aliphatic hydroxyl groups is 2. The molecule has 1 aliphatic carbocycles. The molecule has 1 unspecified atom stereocenters. The molecule has 2 fully saturated rings. The maximum absolute atomic E-state index is 14.2. The Morgan fingerprint density at radius 3 is 2.55 bits per heavy atom. The molecule has 8 heteroatoms. The van der Waals surface area contributed by atoms with Crippen molar-refractivity contribution in [2.75, 3.05) is 13.1 Å². The normalized spacial score (nSPS) is 16.0. The molecule has 40 heavy (non-hydrogen) atoms. The number of likely N-dealkylation sites (tertiary alicyclic amines) is 1. The van der Waals surface area contributed by atoms with Crippen LogP contribution in [0, 0.1) is 11.8 Å². The van der Waals surface area contributed by atoms with E-state index < -0.39 is 6.23 Å². The standard InChI is InChI=1S/C32H32N4O4/c1-3-5-30(38)35-16-23(17-35)28-13-21-12-20(19-8-9-19)10-11-25(21)32(40)36(28)27-7-4-6-24(26(27)18-37)22-14-29(31(33)39)34(2)15-22/h4,6-7,10-15,19,23,31,37,39H,8-9,16-18,33H2,1-2H3. The number of carbonyl (C=O) groups excluding carboxylic acids is 1. The van der Waals surface area contributed by atoms with Crippen molar-refractivity contribution in [3.63, 3.8) is 0 Å². The van der Waals surface area contributed by atoms with Gasteiger partial charge in [-0.2, -0.15) is 0 Å². The van der Waals surface area contributed by atoms with Gasteiger partial charge in [-0.15, -0.1) is 0 Å². The topological polar surface area (TPSA) is 114 Å². The van der Waals surface area contributed by atoms with Crippen LogP contribution in [0.2, 0.25) is 0 Å². The van der Waals surface area contributed by atoms with Crippen molar-refractivity contribution in [2.24, 2.45) is 12.8 Å². The average molecular weight is 537 g/mol. The Bertz CT molecular complexity index is 1760. The van der Waals surface area contributed by atoms with E-state index in [-0.39, 0.29) is 24.0 Å². The Balaban J connectivity index is 1.53. The maximum Gasteiger partial charge on any atom is 0.298 e. The molecule has 2 aliphatic rings. The Kier molecular flexibility index (Phi) is 6.59.